The van der Waals surface area contributed by atoms with Crippen LogP contribution in [0.15, 0.2) is 34.5 Å². The Morgan fingerprint density at radius 3 is 2.37 bits per heavy atom. The van der Waals surface area contributed by atoms with Crippen molar-refractivity contribution in [3.05, 3.63) is 47.3 Å². The van der Waals surface area contributed by atoms with E-state index in [2.05, 4.69) is 4.72 Å². The van der Waals surface area contributed by atoms with Crippen LogP contribution >= 0.6 is 18.7 Å². The molecule has 1 heterocycles. The number of aryl methyl sites for hydroxylation is 1. The summed E-state index contributed by atoms with van der Waals surface area (Å²) < 4.78 is 66.6. The Balaban J connectivity index is 1.92. The van der Waals surface area contributed by atoms with E-state index in [1.165, 1.54) is 0 Å². The zero-order chi connectivity index (χ0) is 25.8. The molecule has 2 aromatic carbocycles. The number of rotatable bonds is 11. The molecule has 0 aliphatic rings. The lowest BCUT2D eigenvalue weighted by Crippen LogP contribution is -2.27. The average Bonchev–Trinajstić information content (AvgIpc) is 3.16. The molecule has 1 aromatic heterocycles. The number of hydrogen-bond acceptors (Lipinski definition) is 9. The van der Waals surface area contributed by atoms with E-state index in [4.69, 9.17) is 26.2 Å². The molecule has 0 amide bonds. The first-order valence-corrected chi connectivity index (χ1v) is 14.4. The molecular weight excluding hydrogens is 518 g/mol. The summed E-state index contributed by atoms with van der Waals surface area (Å²) in [4.78, 5) is 10.4. The molecule has 188 valence electrons. The summed E-state index contributed by atoms with van der Waals surface area (Å²) in [7, 11) is -8.52. The van der Waals surface area contributed by atoms with Crippen molar-refractivity contribution in [1.29, 1.82) is 5.26 Å². The molecule has 6 N–H and O–H groups in total. The first-order valence-electron chi connectivity index (χ1n) is 10.3. The molecule has 0 saturated heterocycles. The molecule has 0 spiro atoms. The molecular formula is C21H24FN4O6PS2. The van der Waals surface area contributed by atoms with E-state index in [1.807, 2.05) is 0 Å². The molecule has 10 nitrogen and oxygen atoms in total. The van der Waals surface area contributed by atoms with Crippen molar-refractivity contribution in [1.82, 2.24) is 4.72 Å². The van der Waals surface area contributed by atoms with Crippen LogP contribution in [0.25, 0.3) is 10.1 Å². The van der Waals surface area contributed by atoms with Gasteiger partial charge in [-0.3, -0.25) is 4.57 Å². The van der Waals surface area contributed by atoms with Crippen LogP contribution in [0.3, 0.4) is 0 Å². The highest BCUT2D eigenvalue weighted by Gasteiger charge is 2.29. The van der Waals surface area contributed by atoms with Crippen LogP contribution in [0.1, 0.15) is 11.1 Å². The number of hydrogen-bond donors (Lipinski definition) is 4. The van der Waals surface area contributed by atoms with E-state index in [-0.39, 0.29) is 41.4 Å². The second-order valence-corrected chi connectivity index (χ2v) is 12.6. The Hall–Kier alpha value is -2.56. The molecule has 0 aliphatic heterocycles. The van der Waals surface area contributed by atoms with Gasteiger partial charge < -0.3 is 25.8 Å². The van der Waals surface area contributed by atoms with Crippen molar-refractivity contribution < 1.29 is 31.7 Å². The largest absolute Gasteiger partial charge is 0.488 e. The van der Waals surface area contributed by atoms with Crippen LogP contribution in [0.2, 0.25) is 0 Å². The van der Waals surface area contributed by atoms with Gasteiger partial charge >= 0.3 is 0 Å². The van der Waals surface area contributed by atoms with Gasteiger partial charge in [-0.05, 0) is 36.8 Å². The van der Waals surface area contributed by atoms with E-state index < -0.39 is 29.5 Å². The van der Waals surface area contributed by atoms with Crippen molar-refractivity contribution in [2.45, 2.75) is 11.1 Å². The van der Waals surface area contributed by atoms with Crippen molar-refractivity contribution in [3.8, 4) is 17.6 Å². The van der Waals surface area contributed by atoms with Gasteiger partial charge in [0.1, 0.15) is 29.3 Å². The van der Waals surface area contributed by atoms with Crippen molar-refractivity contribution in [2.75, 3.05) is 32.6 Å². The molecule has 0 fully saturated rings. The summed E-state index contributed by atoms with van der Waals surface area (Å²) in [6, 6.07) is 7.84. The summed E-state index contributed by atoms with van der Waals surface area (Å²) in [5.41, 5.74) is 11.1. The van der Waals surface area contributed by atoms with Crippen LogP contribution in [0.4, 0.5) is 4.39 Å². The fraction of sp³-hybridized carbons (Fsp3) is 0.286. The van der Waals surface area contributed by atoms with Crippen molar-refractivity contribution >= 4 is 44.1 Å². The standard InChI is InChI=1S/C21H24FN4O6PS2/c1-13-16-9-18(31-6-4-23)19(32-7-5-24)10-20(16)34-21(13)35(29,30)26-12-33(27,28)15-3-2-14(11-25)17(22)8-15/h2-3,8-10,26H,4-7,12,23-24H2,1H3,(H,27,28). The molecule has 3 rings (SSSR count). The normalized spacial score (nSPS) is 13.4. The number of fused-ring (bicyclic) bond motifs is 1. The number of nitrogens with one attached hydrogen (secondary N) is 1. The maximum Gasteiger partial charge on any atom is 0.250 e. The van der Waals surface area contributed by atoms with Gasteiger partial charge in [-0.15, -0.1) is 11.3 Å². The minimum absolute atomic E-state index is 0.0562. The summed E-state index contributed by atoms with van der Waals surface area (Å²) in [5, 5.41) is 9.10. The van der Waals surface area contributed by atoms with E-state index in [0.717, 1.165) is 29.5 Å². The summed E-state index contributed by atoms with van der Waals surface area (Å²) >= 11 is 0.955. The molecule has 14 heteroatoms. The van der Waals surface area contributed by atoms with Gasteiger partial charge in [-0.1, -0.05) is 0 Å². The number of halogens is 1. The maximum atomic E-state index is 13.9. The topological polar surface area (TPSA) is 178 Å². The van der Waals surface area contributed by atoms with E-state index in [1.54, 1.807) is 25.1 Å². The highest BCUT2D eigenvalue weighted by Crippen LogP contribution is 2.42. The number of benzene rings is 2. The predicted octanol–water partition coefficient (Wildman–Crippen LogP) is 1.73. The first-order chi connectivity index (χ1) is 16.5. The summed E-state index contributed by atoms with van der Waals surface area (Å²) in [6.07, 6.45) is -0.857. The maximum absolute atomic E-state index is 13.9. The monoisotopic (exact) mass is 542 g/mol. The molecule has 0 bridgehead atoms. The Bertz CT molecular complexity index is 1440. The van der Waals surface area contributed by atoms with Crippen LogP contribution < -0.4 is 31.0 Å². The molecule has 0 radical (unpaired) electrons. The number of nitrogens with two attached hydrogens (primary N) is 2. The van der Waals surface area contributed by atoms with Crippen molar-refractivity contribution in [2.24, 2.45) is 11.5 Å². The van der Waals surface area contributed by atoms with Gasteiger partial charge in [-0.25, -0.2) is 17.5 Å². The Labute approximate surface area is 205 Å². The molecule has 3 aromatic rings. The fourth-order valence-electron chi connectivity index (χ4n) is 3.17. The fourth-order valence-corrected chi connectivity index (χ4v) is 7.83. The summed E-state index contributed by atoms with van der Waals surface area (Å²) in [6.45, 7) is 2.59. The second kappa shape index (κ2) is 11.0. The minimum atomic E-state index is -4.31. The quantitative estimate of drug-likeness (QED) is 0.263. The number of sulfonamides is 1. The van der Waals surface area contributed by atoms with Crippen molar-refractivity contribution in [3.63, 3.8) is 0 Å². The van der Waals surface area contributed by atoms with Crippen LogP contribution in [0.5, 0.6) is 11.5 Å². The lowest BCUT2D eigenvalue weighted by molar-refractivity contribution is 0.278. The molecule has 0 aliphatic carbocycles. The third-order valence-electron chi connectivity index (χ3n) is 4.90. The first kappa shape index (κ1) is 27.0. The van der Waals surface area contributed by atoms with Gasteiger partial charge in [-0.2, -0.15) is 5.26 Å². The number of thiophene rings is 1. The van der Waals surface area contributed by atoms with Gasteiger partial charge in [0.25, 0.3) is 10.0 Å². The number of nitrogens with zero attached hydrogens (tertiary/aromatic N) is 1. The third-order valence-corrected chi connectivity index (χ3v) is 10.1. The van der Waals surface area contributed by atoms with E-state index in [9.17, 15) is 22.3 Å². The predicted molar refractivity (Wildman–Crippen MR) is 131 cm³/mol. The molecule has 35 heavy (non-hydrogen) atoms. The highest BCUT2D eigenvalue weighted by atomic mass is 32.2. The highest BCUT2D eigenvalue weighted by molar-refractivity contribution is 7.92. The second-order valence-electron chi connectivity index (χ2n) is 7.37. The number of ether oxygens (including phenoxy) is 2. The average molecular weight is 543 g/mol. The minimum Gasteiger partial charge on any atom is -0.488 e. The zero-order valence-corrected chi connectivity index (χ0v) is 21.2. The SMILES string of the molecule is Cc1c(S(=O)(=O)NCP(=O)(O)c2ccc(C#N)c(F)c2)sc2cc(OCCN)c(OCCN)cc12. The van der Waals surface area contributed by atoms with Gasteiger partial charge in [0, 0.05) is 34.5 Å². The van der Waals surface area contributed by atoms with Crippen LogP contribution in [-0.4, -0.2) is 45.9 Å². The van der Waals surface area contributed by atoms with Crippen LogP contribution in [-0.2, 0) is 14.6 Å². The van der Waals surface area contributed by atoms with Crippen LogP contribution in [0, 0.1) is 24.1 Å². The Morgan fingerprint density at radius 2 is 1.80 bits per heavy atom. The molecule has 1 unspecified atom stereocenters. The van der Waals surface area contributed by atoms with E-state index >= 15 is 0 Å². The molecule has 1 atom stereocenters. The Kier molecular flexibility index (Phi) is 8.50. The van der Waals surface area contributed by atoms with Gasteiger partial charge in [0.2, 0.25) is 7.37 Å². The number of nitriles is 1. The lowest BCUT2D eigenvalue weighted by Gasteiger charge is -2.13. The smallest absolute Gasteiger partial charge is 0.250 e. The third kappa shape index (κ3) is 5.99. The zero-order valence-electron chi connectivity index (χ0n) is 18.7. The van der Waals surface area contributed by atoms with Gasteiger partial charge in [0.15, 0.2) is 11.5 Å². The van der Waals surface area contributed by atoms with E-state index in [0.29, 0.717) is 27.1 Å². The van der Waals surface area contributed by atoms with Gasteiger partial charge in [0.05, 0.1) is 11.8 Å². The molecule has 0 saturated carbocycles. The lowest BCUT2D eigenvalue weighted by atomic mass is 10.2. The summed E-state index contributed by atoms with van der Waals surface area (Å²) in [5.74, 6) is -0.197. The Morgan fingerprint density at radius 1 is 1.17 bits per heavy atom.